The Labute approximate surface area is 156 Å². The molecule has 27 heavy (non-hydrogen) atoms. The Morgan fingerprint density at radius 1 is 1.07 bits per heavy atom. The van der Waals surface area contributed by atoms with Crippen molar-refractivity contribution < 1.29 is 17.9 Å². The maximum atomic E-state index is 12.5. The quantitative estimate of drug-likeness (QED) is 0.569. The summed E-state index contributed by atoms with van der Waals surface area (Å²) in [6.07, 6.45) is 0.467. The first-order valence-electron chi connectivity index (χ1n) is 8.35. The summed E-state index contributed by atoms with van der Waals surface area (Å²) in [5.41, 5.74) is 1.35. The predicted octanol–water partition coefficient (Wildman–Crippen LogP) is 1.72. The fraction of sp³-hybridized carbons (Fsp3) is 0.278. The lowest BCUT2D eigenvalue weighted by atomic mass is 10.3. The SMILES string of the molecule is COc1ccc(S(=O)(=O)NCCCn2c(=O)[nH]c3ccccc32)cc1OC. The smallest absolute Gasteiger partial charge is 0.326 e. The molecule has 0 fully saturated rings. The number of nitrogens with one attached hydrogen (secondary N) is 2. The van der Waals surface area contributed by atoms with Gasteiger partial charge in [0.2, 0.25) is 10.0 Å². The number of hydrogen-bond donors (Lipinski definition) is 2. The summed E-state index contributed by atoms with van der Waals surface area (Å²) in [5.74, 6) is 0.792. The monoisotopic (exact) mass is 391 g/mol. The number of methoxy groups -OCH3 is 2. The molecule has 0 aliphatic heterocycles. The lowest BCUT2D eigenvalue weighted by Crippen LogP contribution is -2.26. The van der Waals surface area contributed by atoms with Crippen LogP contribution in [0.5, 0.6) is 11.5 Å². The number of sulfonamides is 1. The first-order chi connectivity index (χ1) is 13.0. The van der Waals surface area contributed by atoms with Gasteiger partial charge in [0, 0.05) is 19.2 Å². The topological polar surface area (TPSA) is 102 Å². The largest absolute Gasteiger partial charge is 0.493 e. The van der Waals surface area contributed by atoms with Gasteiger partial charge in [-0.2, -0.15) is 0 Å². The van der Waals surface area contributed by atoms with Gasteiger partial charge in [-0.15, -0.1) is 0 Å². The van der Waals surface area contributed by atoms with Crippen LogP contribution in [0.25, 0.3) is 11.0 Å². The van der Waals surface area contributed by atoms with Crippen molar-refractivity contribution in [1.82, 2.24) is 14.3 Å². The molecule has 0 unspecified atom stereocenters. The summed E-state index contributed by atoms with van der Waals surface area (Å²) in [6, 6.07) is 11.8. The van der Waals surface area contributed by atoms with E-state index in [1.165, 1.54) is 26.4 Å². The first kappa shape index (κ1) is 19.0. The zero-order valence-corrected chi connectivity index (χ0v) is 15.9. The van der Waals surface area contributed by atoms with Crippen LogP contribution in [-0.4, -0.2) is 38.7 Å². The predicted molar refractivity (Wildman–Crippen MR) is 102 cm³/mol. The van der Waals surface area contributed by atoms with E-state index in [0.29, 0.717) is 24.5 Å². The molecule has 0 radical (unpaired) electrons. The second-order valence-corrected chi connectivity index (χ2v) is 7.63. The number of aryl methyl sites for hydroxylation is 1. The standard InChI is InChI=1S/C18H21N3O5S/c1-25-16-9-8-13(12-17(16)26-2)27(23,24)19-10-5-11-21-15-7-4-3-6-14(15)20-18(21)22/h3-4,6-9,12,19H,5,10-11H2,1-2H3,(H,20,22). The molecular formula is C18H21N3O5S. The van der Waals surface area contributed by atoms with E-state index in [4.69, 9.17) is 9.47 Å². The van der Waals surface area contributed by atoms with E-state index in [2.05, 4.69) is 9.71 Å². The summed E-state index contributed by atoms with van der Waals surface area (Å²) in [5, 5.41) is 0. The van der Waals surface area contributed by atoms with Gasteiger partial charge in [0.15, 0.2) is 11.5 Å². The van der Waals surface area contributed by atoms with Crippen molar-refractivity contribution >= 4 is 21.1 Å². The molecule has 0 saturated heterocycles. The lowest BCUT2D eigenvalue weighted by molar-refractivity contribution is 0.354. The van der Waals surface area contributed by atoms with E-state index >= 15 is 0 Å². The van der Waals surface area contributed by atoms with Crippen molar-refractivity contribution in [3.8, 4) is 11.5 Å². The maximum Gasteiger partial charge on any atom is 0.326 e. The summed E-state index contributed by atoms with van der Waals surface area (Å²) in [6.45, 7) is 0.597. The van der Waals surface area contributed by atoms with Gasteiger partial charge in [-0.3, -0.25) is 4.57 Å². The fourth-order valence-corrected chi connectivity index (χ4v) is 3.93. The Balaban J connectivity index is 1.66. The molecule has 8 nitrogen and oxygen atoms in total. The van der Waals surface area contributed by atoms with Crippen molar-refractivity contribution in [2.45, 2.75) is 17.9 Å². The van der Waals surface area contributed by atoms with E-state index in [1.807, 2.05) is 24.3 Å². The van der Waals surface area contributed by atoms with Gasteiger partial charge in [0.05, 0.1) is 30.1 Å². The second kappa shape index (κ2) is 7.85. The van der Waals surface area contributed by atoms with Crippen molar-refractivity contribution in [3.05, 3.63) is 52.9 Å². The van der Waals surface area contributed by atoms with Gasteiger partial charge < -0.3 is 14.5 Å². The number of fused-ring (bicyclic) bond motifs is 1. The zero-order valence-electron chi connectivity index (χ0n) is 15.1. The molecule has 144 valence electrons. The van der Waals surface area contributed by atoms with Crippen molar-refractivity contribution in [2.24, 2.45) is 0 Å². The highest BCUT2D eigenvalue weighted by Gasteiger charge is 2.16. The minimum atomic E-state index is -3.69. The van der Waals surface area contributed by atoms with E-state index in [9.17, 15) is 13.2 Å². The molecule has 9 heteroatoms. The van der Waals surface area contributed by atoms with Gasteiger partial charge in [0.25, 0.3) is 0 Å². The molecule has 3 rings (SSSR count). The summed E-state index contributed by atoms with van der Waals surface area (Å²) in [4.78, 5) is 14.9. The molecular weight excluding hydrogens is 370 g/mol. The summed E-state index contributed by atoms with van der Waals surface area (Å²) in [7, 11) is -0.764. The maximum absolute atomic E-state index is 12.5. The average molecular weight is 391 g/mol. The van der Waals surface area contributed by atoms with Gasteiger partial charge >= 0.3 is 5.69 Å². The molecule has 0 aliphatic rings. The lowest BCUT2D eigenvalue weighted by Gasteiger charge is -2.11. The summed E-state index contributed by atoms with van der Waals surface area (Å²) < 4.78 is 39.3. The molecule has 0 atom stereocenters. The van der Waals surface area contributed by atoms with Crippen molar-refractivity contribution in [3.63, 3.8) is 0 Å². The van der Waals surface area contributed by atoms with Crippen molar-refractivity contribution in [1.29, 1.82) is 0 Å². The third kappa shape index (κ3) is 3.99. The van der Waals surface area contributed by atoms with E-state index in [1.54, 1.807) is 10.6 Å². The second-order valence-electron chi connectivity index (χ2n) is 5.87. The highest BCUT2D eigenvalue weighted by atomic mass is 32.2. The molecule has 0 spiro atoms. The normalized spacial score (nSPS) is 11.6. The van der Waals surface area contributed by atoms with Crippen LogP contribution in [0.15, 0.2) is 52.2 Å². The average Bonchev–Trinajstić information content (AvgIpc) is 2.99. The molecule has 2 aromatic carbocycles. The minimum Gasteiger partial charge on any atom is -0.493 e. The molecule has 0 saturated carbocycles. The number of imidazole rings is 1. The van der Waals surface area contributed by atoms with Crippen LogP contribution >= 0.6 is 0 Å². The molecule has 1 heterocycles. The van der Waals surface area contributed by atoms with Crippen LogP contribution in [0.2, 0.25) is 0 Å². The zero-order chi connectivity index (χ0) is 19.4. The van der Waals surface area contributed by atoms with Crippen LogP contribution in [0.1, 0.15) is 6.42 Å². The number of ether oxygens (including phenoxy) is 2. The Kier molecular flexibility index (Phi) is 5.52. The number of rotatable bonds is 8. The van der Waals surface area contributed by atoms with Crippen LogP contribution in [0.3, 0.4) is 0 Å². The van der Waals surface area contributed by atoms with E-state index < -0.39 is 10.0 Å². The molecule has 0 amide bonds. The fourth-order valence-electron chi connectivity index (χ4n) is 2.84. The Bertz CT molecular complexity index is 1100. The Hall–Kier alpha value is -2.78. The molecule has 2 N–H and O–H groups in total. The molecule has 3 aromatic rings. The number of hydrogen-bond acceptors (Lipinski definition) is 5. The van der Waals surface area contributed by atoms with Gasteiger partial charge in [0.1, 0.15) is 0 Å². The number of aromatic nitrogens is 2. The Morgan fingerprint density at radius 3 is 2.56 bits per heavy atom. The Morgan fingerprint density at radius 2 is 1.81 bits per heavy atom. The van der Waals surface area contributed by atoms with E-state index in [-0.39, 0.29) is 17.1 Å². The highest BCUT2D eigenvalue weighted by Crippen LogP contribution is 2.29. The number of para-hydroxylation sites is 2. The number of aromatic amines is 1. The molecule has 1 aromatic heterocycles. The van der Waals surface area contributed by atoms with Gasteiger partial charge in [-0.05, 0) is 30.7 Å². The van der Waals surface area contributed by atoms with Crippen LogP contribution in [-0.2, 0) is 16.6 Å². The minimum absolute atomic E-state index is 0.0874. The number of nitrogens with zero attached hydrogens (tertiary/aromatic N) is 1. The van der Waals surface area contributed by atoms with Crippen molar-refractivity contribution in [2.75, 3.05) is 20.8 Å². The van der Waals surface area contributed by atoms with E-state index in [0.717, 1.165) is 11.0 Å². The number of H-pyrrole nitrogens is 1. The number of benzene rings is 2. The van der Waals surface area contributed by atoms with Crippen LogP contribution in [0, 0.1) is 0 Å². The first-order valence-corrected chi connectivity index (χ1v) is 9.84. The van der Waals surface area contributed by atoms with Gasteiger partial charge in [-0.1, -0.05) is 12.1 Å². The molecule has 0 bridgehead atoms. The molecule has 0 aliphatic carbocycles. The summed E-state index contributed by atoms with van der Waals surface area (Å²) >= 11 is 0. The third-order valence-corrected chi connectivity index (χ3v) is 5.66. The highest BCUT2D eigenvalue weighted by molar-refractivity contribution is 7.89. The third-order valence-electron chi connectivity index (χ3n) is 4.20. The van der Waals surface area contributed by atoms with Crippen LogP contribution in [0.4, 0.5) is 0 Å². The van der Waals surface area contributed by atoms with Crippen LogP contribution < -0.4 is 19.9 Å². The van der Waals surface area contributed by atoms with Gasteiger partial charge in [-0.25, -0.2) is 17.9 Å².